The highest BCUT2D eigenvalue weighted by atomic mass is 16.5. The molecule has 0 aromatic carbocycles. The largest absolute Gasteiger partial charge is 0.466 e. The number of nitrogens with one attached hydrogen (secondary N) is 1. The molecule has 0 saturated heterocycles. The lowest BCUT2D eigenvalue weighted by atomic mass is 10.0. The number of unbranched alkanes of at least 4 members (excludes halogenated alkanes) is 55. The van der Waals surface area contributed by atoms with Crippen LogP contribution in [0.3, 0.4) is 0 Å². The Morgan fingerprint density at radius 2 is 0.603 bits per heavy atom. The average molecular weight is 1100 g/mol. The van der Waals surface area contributed by atoms with E-state index in [1.807, 2.05) is 0 Å². The smallest absolute Gasteiger partial charge is 0.305 e. The molecule has 0 aromatic rings. The van der Waals surface area contributed by atoms with Crippen molar-refractivity contribution in [3.05, 3.63) is 12.2 Å². The second-order valence-electron chi connectivity index (χ2n) is 24.9. The van der Waals surface area contributed by atoms with Crippen LogP contribution in [0.5, 0.6) is 0 Å². The molecule has 3 N–H and O–H groups in total. The summed E-state index contributed by atoms with van der Waals surface area (Å²) in [4.78, 5) is 24.6. The second kappa shape index (κ2) is 68.1. The van der Waals surface area contributed by atoms with Crippen LogP contribution in [0.2, 0.25) is 0 Å². The molecule has 6 nitrogen and oxygen atoms in total. The van der Waals surface area contributed by atoms with Crippen molar-refractivity contribution in [2.24, 2.45) is 0 Å². The van der Waals surface area contributed by atoms with Crippen molar-refractivity contribution < 1.29 is 24.5 Å². The summed E-state index contributed by atoms with van der Waals surface area (Å²) >= 11 is 0. The summed E-state index contributed by atoms with van der Waals surface area (Å²) in [6.07, 6.45) is 84.0. The Morgan fingerprint density at radius 3 is 0.910 bits per heavy atom. The van der Waals surface area contributed by atoms with Crippen molar-refractivity contribution in [1.29, 1.82) is 0 Å². The molecular formula is C72H141NO5. The van der Waals surface area contributed by atoms with Crippen LogP contribution in [-0.4, -0.2) is 47.4 Å². The lowest BCUT2D eigenvalue weighted by Gasteiger charge is -2.22. The van der Waals surface area contributed by atoms with Gasteiger partial charge in [-0.25, -0.2) is 0 Å². The van der Waals surface area contributed by atoms with Gasteiger partial charge in [-0.3, -0.25) is 9.59 Å². The molecule has 0 aliphatic carbocycles. The minimum Gasteiger partial charge on any atom is -0.466 e. The molecule has 0 aromatic heterocycles. The highest BCUT2D eigenvalue weighted by Crippen LogP contribution is 2.19. The maximum absolute atomic E-state index is 12.6. The molecule has 6 heteroatoms. The zero-order valence-electron chi connectivity index (χ0n) is 53.2. The van der Waals surface area contributed by atoms with Crippen LogP contribution in [0, 0.1) is 0 Å². The van der Waals surface area contributed by atoms with Gasteiger partial charge in [-0.1, -0.05) is 360 Å². The molecule has 2 unspecified atom stereocenters. The van der Waals surface area contributed by atoms with Crippen LogP contribution in [0.25, 0.3) is 0 Å². The molecule has 0 aliphatic heterocycles. The third-order valence-electron chi connectivity index (χ3n) is 17.1. The summed E-state index contributed by atoms with van der Waals surface area (Å²) in [5.74, 6) is -0.0220. The first-order valence-corrected chi connectivity index (χ1v) is 35.9. The van der Waals surface area contributed by atoms with Crippen molar-refractivity contribution in [3.8, 4) is 0 Å². The Kier molecular flexibility index (Phi) is 66.9. The van der Waals surface area contributed by atoms with Crippen LogP contribution < -0.4 is 5.32 Å². The molecule has 0 saturated carbocycles. The van der Waals surface area contributed by atoms with Crippen LogP contribution in [0.4, 0.5) is 0 Å². The number of rotatable bonds is 68. The standard InChI is InChI=1S/C72H141NO5/c1-3-5-7-9-11-13-15-17-19-21-22-23-24-27-30-33-36-40-44-48-52-56-60-64-70(75)69(68-74)73-71(76)65-61-57-53-49-45-41-37-34-31-28-25-26-29-32-35-39-43-47-51-55-59-63-67-78-72(77)66-62-58-54-50-46-42-38-20-18-16-14-12-10-8-6-4-2/h28,31,69-70,74-75H,3-27,29-30,32-68H2,1-2H3,(H,73,76)/b31-28-. The van der Waals surface area contributed by atoms with Gasteiger partial charge in [0.2, 0.25) is 5.91 Å². The van der Waals surface area contributed by atoms with E-state index >= 15 is 0 Å². The van der Waals surface area contributed by atoms with Gasteiger partial charge in [0.15, 0.2) is 0 Å². The van der Waals surface area contributed by atoms with E-state index in [2.05, 4.69) is 31.3 Å². The normalized spacial score (nSPS) is 12.5. The van der Waals surface area contributed by atoms with Gasteiger partial charge >= 0.3 is 5.97 Å². The molecule has 464 valence electrons. The van der Waals surface area contributed by atoms with Crippen molar-refractivity contribution in [2.75, 3.05) is 13.2 Å². The van der Waals surface area contributed by atoms with Crippen LogP contribution in [-0.2, 0) is 14.3 Å². The minimum absolute atomic E-state index is 0.0148. The lowest BCUT2D eigenvalue weighted by Crippen LogP contribution is -2.45. The summed E-state index contributed by atoms with van der Waals surface area (Å²) in [6, 6.07) is -0.547. The number of aliphatic hydroxyl groups excluding tert-OH is 2. The second-order valence-corrected chi connectivity index (χ2v) is 24.9. The van der Waals surface area contributed by atoms with Gasteiger partial charge < -0.3 is 20.3 Å². The quantitative estimate of drug-likeness (QED) is 0.0320. The molecule has 0 bridgehead atoms. The first kappa shape index (κ1) is 76.6. The van der Waals surface area contributed by atoms with Crippen molar-refractivity contribution >= 4 is 11.9 Å². The van der Waals surface area contributed by atoms with E-state index in [0.29, 0.717) is 25.9 Å². The van der Waals surface area contributed by atoms with Crippen molar-refractivity contribution in [1.82, 2.24) is 5.32 Å². The predicted octanol–water partition coefficient (Wildman–Crippen LogP) is 23.1. The molecule has 0 radical (unpaired) electrons. The van der Waals surface area contributed by atoms with Crippen LogP contribution >= 0.6 is 0 Å². The molecule has 2 atom stereocenters. The fourth-order valence-corrected chi connectivity index (χ4v) is 11.6. The van der Waals surface area contributed by atoms with Gasteiger partial charge in [0, 0.05) is 12.8 Å². The van der Waals surface area contributed by atoms with Gasteiger partial charge in [-0.15, -0.1) is 0 Å². The fraction of sp³-hybridized carbons (Fsp3) is 0.944. The highest BCUT2D eigenvalue weighted by molar-refractivity contribution is 5.76. The van der Waals surface area contributed by atoms with E-state index in [4.69, 9.17) is 4.74 Å². The molecule has 0 spiro atoms. The molecular weight excluding hydrogens is 959 g/mol. The molecule has 0 aliphatic rings. The number of hydrogen-bond acceptors (Lipinski definition) is 5. The number of hydrogen-bond donors (Lipinski definition) is 3. The van der Waals surface area contributed by atoms with E-state index in [0.717, 1.165) is 38.5 Å². The highest BCUT2D eigenvalue weighted by Gasteiger charge is 2.20. The zero-order valence-corrected chi connectivity index (χ0v) is 53.2. The number of allylic oxidation sites excluding steroid dienone is 2. The number of carbonyl (C=O) groups excluding carboxylic acids is 2. The van der Waals surface area contributed by atoms with Crippen LogP contribution in [0.15, 0.2) is 12.2 Å². The Bertz CT molecular complexity index is 1180. The Labute approximate surface area is 489 Å². The van der Waals surface area contributed by atoms with Gasteiger partial charge in [0.1, 0.15) is 0 Å². The maximum atomic E-state index is 12.6. The Balaban J connectivity index is 3.40. The molecule has 1 amide bonds. The zero-order chi connectivity index (χ0) is 56.4. The van der Waals surface area contributed by atoms with Gasteiger partial charge in [-0.2, -0.15) is 0 Å². The first-order valence-electron chi connectivity index (χ1n) is 35.9. The summed E-state index contributed by atoms with van der Waals surface area (Å²) in [6.45, 7) is 5.00. The van der Waals surface area contributed by atoms with Gasteiger partial charge in [0.05, 0.1) is 25.4 Å². The molecule has 0 fully saturated rings. The maximum Gasteiger partial charge on any atom is 0.305 e. The number of carbonyl (C=O) groups is 2. The average Bonchev–Trinajstić information content (AvgIpc) is 3.44. The van der Waals surface area contributed by atoms with E-state index in [9.17, 15) is 19.8 Å². The van der Waals surface area contributed by atoms with Crippen molar-refractivity contribution in [3.63, 3.8) is 0 Å². The minimum atomic E-state index is -0.669. The van der Waals surface area contributed by atoms with E-state index in [1.54, 1.807) is 0 Å². The van der Waals surface area contributed by atoms with Crippen molar-refractivity contribution in [2.45, 2.75) is 424 Å². The first-order chi connectivity index (χ1) is 38.5. The van der Waals surface area contributed by atoms with E-state index in [1.165, 1.54) is 340 Å². The van der Waals surface area contributed by atoms with Gasteiger partial charge in [0.25, 0.3) is 0 Å². The third kappa shape index (κ3) is 63.8. The number of amides is 1. The summed E-state index contributed by atoms with van der Waals surface area (Å²) < 4.78 is 5.50. The van der Waals surface area contributed by atoms with E-state index < -0.39 is 12.1 Å². The Morgan fingerprint density at radius 1 is 0.346 bits per heavy atom. The summed E-state index contributed by atoms with van der Waals surface area (Å²) in [7, 11) is 0. The molecule has 78 heavy (non-hydrogen) atoms. The summed E-state index contributed by atoms with van der Waals surface area (Å²) in [5, 5.41) is 23.4. The van der Waals surface area contributed by atoms with Gasteiger partial charge in [-0.05, 0) is 51.4 Å². The summed E-state index contributed by atoms with van der Waals surface area (Å²) in [5.41, 5.74) is 0. The number of esters is 1. The monoisotopic (exact) mass is 1100 g/mol. The SMILES string of the molecule is CCCCCCCCCCCCCCCCCCCCCCCCCC(O)C(CO)NC(=O)CCCCCCCCC/C=C\CCCCCCCCCCCCCOC(=O)CCCCCCCCCCCCCCCCCC. The number of ether oxygens (including phenoxy) is 1. The fourth-order valence-electron chi connectivity index (χ4n) is 11.6. The lowest BCUT2D eigenvalue weighted by molar-refractivity contribution is -0.143. The molecule has 0 rings (SSSR count). The van der Waals surface area contributed by atoms with Crippen LogP contribution in [0.1, 0.15) is 412 Å². The predicted molar refractivity (Wildman–Crippen MR) is 343 cm³/mol. The topological polar surface area (TPSA) is 95.9 Å². The third-order valence-corrected chi connectivity index (χ3v) is 17.1. The molecule has 0 heterocycles. The van der Waals surface area contributed by atoms with E-state index in [-0.39, 0.29) is 18.5 Å². The number of aliphatic hydroxyl groups is 2. The Hall–Kier alpha value is -1.40.